The minimum absolute atomic E-state index is 0.0382. The zero-order valence-corrected chi connectivity index (χ0v) is 19.1. The molecule has 3 rings (SSSR count). The summed E-state index contributed by atoms with van der Waals surface area (Å²) < 4.78 is 29.0. The molecule has 4 amide bonds. The second-order valence-electron chi connectivity index (χ2n) is 8.29. The van der Waals surface area contributed by atoms with E-state index in [4.69, 9.17) is 4.74 Å². The maximum Gasteiger partial charge on any atom is 0.325 e. The van der Waals surface area contributed by atoms with Crippen molar-refractivity contribution in [2.24, 2.45) is 0 Å². The van der Waals surface area contributed by atoms with Gasteiger partial charge in [-0.3, -0.25) is 14.5 Å². The highest BCUT2D eigenvalue weighted by Gasteiger charge is 2.50. The van der Waals surface area contributed by atoms with Gasteiger partial charge in [-0.15, -0.1) is 0 Å². The average molecular weight is 452 g/mol. The Hall–Kier alpha value is -2.62. The molecule has 2 saturated heterocycles. The van der Waals surface area contributed by atoms with Gasteiger partial charge in [0.2, 0.25) is 5.91 Å². The third kappa shape index (κ3) is 4.39. The number of imide groups is 1. The van der Waals surface area contributed by atoms with E-state index in [0.29, 0.717) is 24.2 Å². The van der Waals surface area contributed by atoms with Crippen LogP contribution in [-0.2, 0) is 25.0 Å². The zero-order valence-electron chi connectivity index (χ0n) is 18.3. The second kappa shape index (κ2) is 8.49. The molecule has 0 aliphatic carbocycles. The van der Waals surface area contributed by atoms with Crippen LogP contribution in [0.25, 0.3) is 0 Å². The minimum atomic E-state index is -3.19. The van der Waals surface area contributed by atoms with Gasteiger partial charge in [-0.05, 0) is 44.4 Å². The second-order valence-corrected chi connectivity index (χ2v) is 10.5. The molecule has 0 unspecified atom stereocenters. The number of benzene rings is 1. The third-order valence-electron chi connectivity index (χ3n) is 6.19. The largest absolute Gasteiger partial charge is 0.497 e. The van der Waals surface area contributed by atoms with E-state index in [0.717, 1.165) is 4.90 Å². The molecule has 0 aromatic heterocycles. The number of sulfone groups is 1. The summed E-state index contributed by atoms with van der Waals surface area (Å²) >= 11 is 0. The van der Waals surface area contributed by atoms with Crippen LogP contribution >= 0.6 is 0 Å². The first kappa shape index (κ1) is 23.1. The predicted octanol–water partition coefficient (Wildman–Crippen LogP) is 1.28. The molecule has 9 nitrogen and oxygen atoms in total. The van der Waals surface area contributed by atoms with Gasteiger partial charge in [-0.1, -0.05) is 19.1 Å². The first-order valence-electron chi connectivity index (χ1n) is 10.3. The highest BCUT2D eigenvalue weighted by molar-refractivity contribution is 7.91. The summed E-state index contributed by atoms with van der Waals surface area (Å²) in [6.07, 6.45) is 0.994. The lowest BCUT2D eigenvalue weighted by molar-refractivity contribution is -0.141. The number of carbonyl (C=O) groups is 3. The quantitative estimate of drug-likeness (QED) is 0.625. The molecule has 3 atom stereocenters. The van der Waals surface area contributed by atoms with E-state index >= 15 is 0 Å². The zero-order chi connectivity index (χ0) is 23.0. The van der Waals surface area contributed by atoms with Gasteiger partial charge in [0, 0.05) is 12.1 Å². The summed E-state index contributed by atoms with van der Waals surface area (Å²) in [6.45, 7) is 4.91. The monoisotopic (exact) mass is 451 g/mol. The van der Waals surface area contributed by atoms with Gasteiger partial charge in [-0.2, -0.15) is 0 Å². The van der Waals surface area contributed by atoms with Gasteiger partial charge < -0.3 is 15.0 Å². The molecule has 2 heterocycles. The Balaban J connectivity index is 1.81. The smallest absolute Gasteiger partial charge is 0.325 e. The van der Waals surface area contributed by atoms with Crippen molar-refractivity contribution in [3.05, 3.63) is 29.8 Å². The molecular formula is C21H29N3O6S. The topological polar surface area (TPSA) is 113 Å². The summed E-state index contributed by atoms with van der Waals surface area (Å²) in [5.74, 6) is -0.395. The number of nitrogens with zero attached hydrogens (tertiary/aromatic N) is 2. The van der Waals surface area contributed by atoms with Crippen LogP contribution in [0.2, 0.25) is 0 Å². The summed E-state index contributed by atoms with van der Waals surface area (Å²) in [4.78, 5) is 41.4. The molecule has 1 aromatic carbocycles. The SMILES string of the molecule is CC[C@H](C)N(C(=O)CN1C(=O)N[C@](C)(c2ccc(OC)cc2)C1=O)[C@H]1CCS(=O)(=O)C1. The van der Waals surface area contributed by atoms with Gasteiger partial charge in [-0.25, -0.2) is 13.2 Å². The molecule has 2 aliphatic rings. The van der Waals surface area contributed by atoms with E-state index in [2.05, 4.69) is 5.32 Å². The number of rotatable bonds is 7. The van der Waals surface area contributed by atoms with Crippen LogP contribution in [0, 0.1) is 0 Å². The Morgan fingerprint density at radius 2 is 1.97 bits per heavy atom. The van der Waals surface area contributed by atoms with Crippen LogP contribution in [0.5, 0.6) is 5.75 Å². The maximum absolute atomic E-state index is 13.2. The highest BCUT2D eigenvalue weighted by Crippen LogP contribution is 2.30. The Morgan fingerprint density at radius 3 is 2.48 bits per heavy atom. The third-order valence-corrected chi connectivity index (χ3v) is 7.94. The molecule has 0 bridgehead atoms. The molecule has 1 aromatic rings. The van der Waals surface area contributed by atoms with Gasteiger partial charge in [0.1, 0.15) is 17.8 Å². The van der Waals surface area contributed by atoms with Crippen LogP contribution in [0.1, 0.15) is 39.2 Å². The maximum atomic E-state index is 13.2. The molecule has 0 saturated carbocycles. The first-order valence-corrected chi connectivity index (χ1v) is 12.1. The minimum Gasteiger partial charge on any atom is -0.497 e. The lowest BCUT2D eigenvalue weighted by Gasteiger charge is -2.34. The fourth-order valence-corrected chi connectivity index (χ4v) is 5.89. The Labute approximate surface area is 182 Å². The fourth-order valence-electron chi connectivity index (χ4n) is 4.18. The van der Waals surface area contributed by atoms with Crippen molar-refractivity contribution in [2.75, 3.05) is 25.2 Å². The van der Waals surface area contributed by atoms with Crippen molar-refractivity contribution < 1.29 is 27.5 Å². The Morgan fingerprint density at radius 1 is 1.32 bits per heavy atom. The van der Waals surface area contributed by atoms with Crippen molar-refractivity contribution in [3.8, 4) is 5.75 Å². The van der Waals surface area contributed by atoms with Gasteiger partial charge >= 0.3 is 6.03 Å². The molecule has 31 heavy (non-hydrogen) atoms. The number of ether oxygens (including phenoxy) is 1. The Kier molecular flexibility index (Phi) is 6.31. The normalized spacial score (nSPS) is 25.9. The van der Waals surface area contributed by atoms with Crippen molar-refractivity contribution in [2.45, 2.75) is 51.2 Å². The number of carbonyl (C=O) groups excluding carboxylic acids is 3. The summed E-state index contributed by atoms with van der Waals surface area (Å²) in [5.41, 5.74) is -0.732. The highest BCUT2D eigenvalue weighted by atomic mass is 32.2. The van der Waals surface area contributed by atoms with Crippen molar-refractivity contribution in [1.29, 1.82) is 0 Å². The number of methoxy groups -OCH3 is 1. The lowest BCUT2D eigenvalue weighted by atomic mass is 9.92. The van der Waals surface area contributed by atoms with Crippen LogP contribution in [0.15, 0.2) is 24.3 Å². The van der Waals surface area contributed by atoms with Crippen LogP contribution in [0.4, 0.5) is 4.79 Å². The van der Waals surface area contributed by atoms with Crippen LogP contribution in [-0.4, -0.2) is 73.3 Å². The van der Waals surface area contributed by atoms with Gasteiger partial charge in [0.15, 0.2) is 9.84 Å². The summed E-state index contributed by atoms with van der Waals surface area (Å²) in [5, 5.41) is 2.68. The van der Waals surface area contributed by atoms with E-state index in [1.807, 2.05) is 13.8 Å². The molecule has 0 radical (unpaired) electrons. The van der Waals surface area contributed by atoms with Crippen LogP contribution in [0.3, 0.4) is 0 Å². The van der Waals surface area contributed by atoms with Crippen molar-refractivity contribution in [1.82, 2.24) is 15.1 Å². The number of urea groups is 1. The molecular weight excluding hydrogens is 422 g/mol. The average Bonchev–Trinajstić information content (AvgIpc) is 3.19. The van der Waals surface area contributed by atoms with E-state index in [1.54, 1.807) is 31.2 Å². The van der Waals surface area contributed by atoms with E-state index < -0.39 is 45.8 Å². The van der Waals surface area contributed by atoms with Gasteiger partial charge in [0.05, 0.1) is 18.6 Å². The fraction of sp³-hybridized carbons (Fsp3) is 0.571. The Bertz CT molecular complexity index is 977. The van der Waals surface area contributed by atoms with Crippen molar-refractivity contribution >= 4 is 27.7 Å². The van der Waals surface area contributed by atoms with Crippen LogP contribution < -0.4 is 10.1 Å². The summed E-state index contributed by atoms with van der Waals surface area (Å²) in [6, 6.07) is 5.47. The first-order chi connectivity index (χ1) is 14.5. The van der Waals surface area contributed by atoms with Crippen molar-refractivity contribution in [3.63, 3.8) is 0 Å². The molecule has 0 spiro atoms. The van der Waals surface area contributed by atoms with E-state index in [9.17, 15) is 22.8 Å². The van der Waals surface area contributed by atoms with Gasteiger partial charge in [0.25, 0.3) is 5.91 Å². The number of nitrogens with one attached hydrogen (secondary N) is 1. The van der Waals surface area contributed by atoms with E-state index in [1.165, 1.54) is 12.0 Å². The lowest BCUT2D eigenvalue weighted by Crippen LogP contribution is -2.51. The molecule has 2 fully saturated rings. The molecule has 1 N–H and O–H groups in total. The molecule has 10 heteroatoms. The number of hydrogen-bond acceptors (Lipinski definition) is 6. The molecule has 2 aliphatic heterocycles. The summed E-state index contributed by atoms with van der Waals surface area (Å²) in [7, 11) is -1.66. The number of hydrogen-bond donors (Lipinski definition) is 1. The number of amides is 4. The molecule has 170 valence electrons. The predicted molar refractivity (Wildman–Crippen MR) is 114 cm³/mol. The standard InChI is InChI=1S/C21H29N3O6S/c1-5-14(2)24(16-10-11-31(28,29)13-16)18(25)12-23-19(26)21(3,22-20(23)27)15-6-8-17(30-4)9-7-15/h6-9,14,16H,5,10-13H2,1-4H3,(H,22,27)/t14-,16-,21+/m0/s1. The van der Waals surface area contributed by atoms with E-state index in [-0.39, 0.29) is 17.5 Å².